The summed E-state index contributed by atoms with van der Waals surface area (Å²) in [5.41, 5.74) is 0.234. The van der Waals surface area contributed by atoms with Gasteiger partial charge in [-0.1, -0.05) is 11.6 Å². The van der Waals surface area contributed by atoms with E-state index in [9.17, 15) is 8.42 Å². The van der Waals surface area contributed by atoms with Crippen LogP contribution in [0.4, 0.5) is 5.82 Å². The van der Waals surface area contributed by atoms with Crippen LogP contribution in [0.1, 0.15) is 11.1 Å². The third kappa shape index (κ3) is 2.57. The zero-order valence-electron chi connectivity index (χ0n) is 9.75. The molecule has 2 aromatic rings. The van der Waals surface area contributed by atoms with E-state index in [0.717, 1.165) is 6.07 Å². The minimum absolute atomic E-state index is 0.0282. The summed E-state index contributed by atoms with van der Waals surface area (Å²) in [7, 11) is -3.93. The fourth-order valence-corrected chi connectivity index (χ4v) is 2.75. The van der Waals surface area contributed by atoms with Gasteiger partial charge in [0.25, 0.3) is 10.0 Å². The van der Waals surface area contributed by atoms with Crippen LogP contribution in [0.5, 0.6) is 0 Å². The molecule has 0 saturated carbocycles. The Balaban J connectivity index is 2.39. The third-order valence-corrected chi connectivity index (χ3v) is 4.03. The number of H-pyrrole nitrogens is 1. The van der Waals surface area contributed by atoms with Crippen LogP contribution in [0.2, 0.25) is 5.02 Å². The Kier molecular flexibility index (Phi) is 3.61. The molecule has 0 unspecified atom stereocenters. The maximum absolute atomic E-state index is 12.1. The summed E-state index contributed by atoms with van der Waals surface area (Å²) in [4.78, 5) is -0.125. The number of hydrogen-bond donors (Lipinski definition) is 2. The Morgan fingerprint density at radius 2 is 1.95 bits per heavy atom. The minimum Gasteiger partial charge on any atom is -0.263 e. The first kappa shape index (κ1) is 13.9. The molecule has 20 heavy (non-hydrogen) atoms. The molecule has 7 nitrogen and oxygen atoms in total. The number of benzene rings is 1. The Bertz CT molecular complexity index is 844. The zero-order chi connectivity index (χ0) is 14.8. The van der Waals surface area contributed by atoms with Gasteiger partial charge in [-0.05, 0) is 18.2 Å². The van der Waals surface area contributed by atoms with Crippen LogP contribution in [-0.4, -0.2) is 18.6 Å². The number of nitrogens with one attached hydrogen (secondary N) is 2. The van der Waals surface area contributed by atoms with E-state index >= 15 is 0 Å². The molecule has 1 heterocycles. The minimum atomic E-state index is -3.93. The number of rotatable bonds is 3. The van der Waals surface area contributed by atoms with Crippen LogP contribution in [-0.2, 0) is 10.0 Å². The van der Waals surface area contributed by atoms with Crippen molar-refractivity contribution in [2.45, 2.75) is 4.90 Å². The molecule has 1 aromatic carbocycles. The van der Waals surface area contributed by atoms with Crippen molar-refractivity contribution in [2.24, 2.45) is 0 Å². The van der Waals surface area contributed by atoms with Crippen LogP contribution in [0, 0.1) is 22.7 Å². The SMILES string of the molecule is N#Cc1ccc(S(=O)(=O)Nc2[nH]ncc2C#N)cc1Cl. The van der Waals surface area contributed by atoms with Crippen molar-refractivity contribution < 1.29 is 8.42 Å². The van der Waals surface area contributed by atoms with Crippen molar-refractivity contribution in [3.05, 3.63) is 40.5 Å². The predicted molar refractivity (Wildman–Crippen MR) is 70.3 cm³/mol. The second kappa shape index (κ2) is 5.21. The predicted octanol–water partition coefficient (Wildman–Crippen LogP) is 1.61. The van der Waals surface area contributed by atoms with E-state index in [4.69, 9.17) is 22.1 Å². The van der Waals surface area contributed by atoms with Crippen LogP contribution in [0.3, 0.4) is 0 Å². The molecule has 0 atom stereocenters. The van der Waals surface area contributed by atoms with Gasteiger partial charge in [0.1, 0.15) is 17.7 Å². The highest BCUT2D eigenvalue weighted by atomic mass is 35.5. The molecule has 100 valence electrons. The first-order valence-corrected chi connectivity index (χ1v) is 7.00. The second-order valence-corrected chi connectivity index (χ2v) is 5.72. The van der Waals surface area contributed by atoms with E-state index in [1.165, 1.54) is 18.3 Å². The first-order chi connectivity index (χ1) is 9.47. The summed E-state index contributed by atoms with van der Waals surface area (Å²) in [5, 5.41) is 23.5. The summed E-state index contributed by atoms with van der Waals surface area (Å²) >= 11 is 5.79. The Hall–Kier alpha value is -2.55. The molecule has 2 N–H and O–H groups in total. The Morgan fingerprint density at radius 3 is 2.55 bits per heavy atom. The monoisotopic (exact) mass is 307 g/mol. The van der Waals surface area contributed by atoms with Crippen molar-refractivity contribution in [2.75, 3.05) is 4.72 Å². The Labute approximate surface area is 119 Å². The molecule has 0 fully saturated rings. The van der Waals surface area contributed by atoms with E-state index in [0.29, 0.717) is 0 Å². The van der Waals surface area contributed by atoms with Crippen molar-refractivity contribution in [1.82, 2.24) is 10.2 Å². The number of nitrogens with zero attached hydrogens (tertiary/aromatic N) is 3. The van der Waals surface area contributed by atoms with E-state index in [1.807, 2.05) is 6.07 Å². The highest BCUT2D eigenvalue weighted by Gasteiger charge is 2.18. The topological polar surface area (TPSA) is 122 Å². The molecule has 0 aliphatic heterocycles. The van der Waals surface area contributed by atoms with Crippen molar-refractivity contribution in [3.63, 3.8) is 0 Å². The lowest BCUT2D eigenvalue weighted by atomic mass is 10.2. The molecule has 0 saturated heterocycles. The number of aromatic nitrogens is 2. The molecular weight excluding hydrogens is 302 g/mol. The van der Waals surface area contributed by atoms with Crippen LogP contribution < -0.4 is 4.72 Å². The average molecular weight is 308 g/mol. The molecule has 1 aromatic heterocycles. The summed E-state index contributed by atoms with van der Waals surface area (Å²) in [6.45, 7) is 0. The van der Waals surface area contributed by atoms with Crippen molar-refractivity contribution >= 4 is 27.4 Å². The highest BCUT2D eigenvalue weighted by Crippen LogP contribution is 2.22. The van der Waals surface area contributed by atoms with Gasteiger partial charge in [0.05, 0.1) is 21.7 Å². The summed E-state index contributed by atoms with van der Waals surface area (Å²) in [6.07, 6.45) is 1.20. The zero-order valence-corrected chi connectivity index (χ0v) is 11.3. The fourth-order valence-electron chi connectivity index (χ4n) is 1.40. The molecule has 0 radical (unpaired) electrons. The molecular formula is C11H6ClN5O2S. The van der Waals surface area contributed by atoms with Crippen LogP contribution in [0.25, 0.3) is 0 Å². The molecule has 0 aliphatic rings. The highest BCUT2D eigenvalue weighted by molar-refractivity contribution is 7.92. The van der Waals surface area contributed by atoms with Gasteiger partial charge in [0.2, 0.25) is 0 Å². The number of hydrogen-bond acceptors (Lipinski definition) is 5. The molecule has 0 spiro atoms. The van der Waals surface area contributed by atoms with E-state index in [2.05, 4.69) is 14.9 Å². The van der Waals surface area contributed by atoms with Gasteiger partial charge in [0.15, 0.2) is 5.82 Å². The van der Waals surface area contributed by atoms with Crippen molar-refractivity contribution in [1.29, 1.82) is 10.5 Å². The van der Waals surface area contributed by atoms with Gasteiger partial charge >= 0.3 is 0 Å². The van der Waals surface area contributed by atoms with Gasteiger partial charge in [-0.25, -0.2) is 8.42 Å². The van der Waals surface area contributed by atoms with Gasteiger partial charge in [-0.15, -0.1) is 0 Å². The number of anilines is 1. The van der Waals surface area contributed by atoms with Gasteiger partial charge in [0, 0.05) is 0 Å². The van der Waals surface area contributed by atoms with Crippen LogP contribution >= 0.6 is 11.6 Å². The van der Waals surface area contributed by atoms with Gasteiger partial charge < -0.3 is 0 Å². The van der Waals surface area contributed by atoms with Crippen LogP contribution in [0.15, 0.2) is 29.3 Å². The number of sulfonamides is 1. The molecule has 2 rings (SSSR count). The van der Waals surface area contributed by atoms with E-state index in [1.54, 1.807) is 6.07 Å². The van der Waals surface area contributed by atoms with E-state index < -0.39 is 10.0 Å². The van der Waals surface area contributed by atoms with E-state index in [-0.39, 0.29) is 26.9 Å². The number of aromatic amines is 1. The van der Waals surface area contributed by atoms with Gasteiger partial charge in [-0.3, -0.25) is 9.82 Å². The molecule has 0 aliphatic carbocycles. The fraction of sp³-hybridized carbons (Fsp3) is 0. The first-order valence-electron chi connectivity index (χ1n) is 5.14. The lowest BCUT2D eigenvalue weighted by molar-refractivity contribution is 0.601. The Morgan fingerprint density at radius 1 is 1.25 bits per heavy atom. The number of nitriles is 2. The molecule has 9 heteroatoms. The smallest absolute Gasteiger partial charge is 0.263 e. The normalized spacial score (nSPS) is 10.6. The third-order valence-electron chi connectivity index (χ3n) is 2.37. The lowest BCUT2D eigenvalue weighted by Crippen LogP contribution is -2.14. The summed E-state index contributed by atoms with van der Waals surface area (Å²) < 4.78 is 26.4. The second-order valence-electron chi connectivity index (χ2n) is 3.63. The largest absolute Gasteiger partial charge is 0.263 e. The maximum Gasteiger partial charge on any atom is 0.263 e. The molecule has 0 bridgehead atoms. The lowest BCUT2D eigenvalue weighted by Gasteiger charge is -2.07. The summed E-state index contributed by atoms with van der Waals surface area (Å²) in [5.74, 6) is -0.0343. The maximum atomic E-state index is 12.1. The number of halogens is 1. The van der Waals surface area contributed by atoms with Crippen molar-refractivity contribution in [3.8, 4) is 12.1 Å². The quantitative estimate of drug-likeness (QED) is 0.891. The standard InChI is InChI=1S/C11H6ClN5O2S/c12-10-3-9(2-1-7(10)4-13)20(18,19)17-11-8(5-14)6-15-16-11/h1-3,6H,(H2,15,16,17). The average Bonchev–Trinajstić information content (AvgIpc) is 2.85. The molecule has 0 amide bonds. The summed E-state index contributed by atoms with van der Waals surface area (Å²) in [6, 6.07) is 7.32. The van der Waals surface area contributed by atoms with Gasteiger partial charge in [-0.2, -0.15) is 15.6 Å².